The van der Waals surface area contributed by atoms with Crippen LogP contribution in [0.3, 0.4) is 0 Å². The number of hydrogen-bond donors (Lipinski definition) is 2. The molecule has 1 aromatic carbocycles. The Kier molecular flexibility index (Phi) is 3.20. The van der Waals surface area contributed by atoms with Gasteiger partial charge in [0.2, 0.25) is 0 Å². The largest absolute Gasteiger partial charge is 0.496 e. The van der Waals surface area contributed by atoms with E-state index in [1.54, 1.807) is 6.07 Å². The van der Waals surface area contributed by atoms with Crippen LogP contribution < -0.4 is 10.5 Å². The highest BCUT2D eigenvalue weighted by Crippen LogP contribution is 2.39. The number of thiophene rings is 1. The fraction of sp³-hybridized carbons (Fsp3) is 0.0833. The Morgan fingerprint density at radius 3 is 2.78 bits per heavy atom. The number of hydrogen-bond acceptors (Lipinski definition) is 4. The lowest BCUT2D eigenvalue weighted by atomic mass is 10.1. The van der Waals surface area contributed by atoms with E-state index in [0.717, 1.165) is 11.3 Å². The van der Waals surface area contributed by atoms with Crippen LogP contribution in [-0.2, 0) is 0 Å². The van der Waals surface area contributed by atoms with Crippen LogP contribution in [0.2, 0.25) is 0 Å². The lowest BCUT2D eigenvalue weighted by molar-refractivity contribution is 0.0703. The molecule has 0 spiro atoms. The molecule has 0 bridgehead atoms. The second-order valence-electron chi connectivity index (χ2n) is 3.52. The number of anilines is 1. The summed E-state index contributed by atoms with van der Waals surface area (Å²) in [5.41, 5.74) is 5.93. The van der Waals surface area contributed by atoms with Crippen LogP contribution in [0.25, 0.3) is 10.4 Å². The molecule has 18 heavy (non-hydrogen) atoms. The number of carboxylic acids is 1. The van der Waals surface area contributed by atoms with Crippen molar-refractivity contribution in [3.05, 3.63) is 35.0 Å². The third-order valence-corrected chi connectivity index (χ3v) is 3.55. The highest BCUT2D eigenvalue weighted by molar-refractivity contribution is 7.18. The highest BCUT2D eigenvalue weighted by atomic mass is 32.1. The molecule has 0 amide bonds. The number of benzene rings is 1. The molecule has 0 aliphatic carbocycles. The van der Waals surface area contributed by atoms with Gasteiger partial charge in [-0.3, -0.25) is 0 Å². The summed E-state index contributed by atoms with van der Waals surface area (Å²) in [5, 5.41) is 8.93. The van der Waals surface area contributed by atoms with Crippen molar-refractivity contribution >= 4 is 23.0 Å². The minimum absolute atomic E-state index is 0.00435. The summed E-state index contributed by atoms with van der Waals surface area (Å²) in [6.45, 7) is 0. The summed E-state index contributed by atoms with van der Waals surface area (Å²) < 4.78 is 18.9. The quantitative estimate of drug-likeness (QED) is 0.896. The highest BCUT2D eigenvalue weighted by Gasteiger charge is 2.19. The number of aromatic carboxylic acids is 1. The van der Waals surface area contributed by atoms with Gasteiger partial charge in [-0.1, -0.05) is 6.07 Å². The maximum absolute atomic E-state index is 13.8. The Hall–Kier alpha value is -2.08. The van der Waals surface area contributed by atoms with E-state index in [9.17, 15) is 9.18 Å². The van der Waals surface area contributed by atoms with Gasteiger partial charge in [0, 0.05) is 4.88 Å². The minimum atomic E-state index is -1.13. The van der Waals surface area contributed by atoms with Crippen molar-refractivity contribution in [2.75, 3.05) is 12.8 Å². The zero-order valence-electron chi connectivity index (χ0n) is 9.44. The smallest absolute Gasteiger partial charge is 0.348 e. The van der Waals surface area contributed by atoms with Crippen molar-refractivity contribution in [2.45, 2.75) is 0 Å². The minimum Gasteiger partial charge on any atom is -0.496 e. The molecular weight excluding hydrogens is 257 g/mol. The number of rotatable bonds is 3. The predicted octanol–water partition coefficient (Wildman–Crippen LogP) is 2.84. The van der Waals surface area contributed by atoms with Crippen LogP contribution in [0.4, 0.5) is 10.1 Å². The maximum atomic E-state index is 13.8. The van der Waals surface area contributed by atoms with Crippen LogP contribution in [0.1, 0.15) is 9.67 Å². The van der Waals surface area contributed by atoms with Gasteiger partial charge >= 0.3 is 5.97 Å². The standard InChI is InChI=1S/C12H10FNO3S/c1-17-8-4-2-3-6(13)10(8)9-5-7(14)11(18-9)12(15)16/h2-5H,14H2,1H3,(H,15,16). The summed E-state index contributed by atoms with van der Waals surface area (Å²) in [7, 11) is 1.42. The van der Waals surface area contributed by atoms with Crippen LogP contribution in [0.15, 0.2) is 24.3 Å². The molecule has 0 radical (unpaired) electrons. The first-order valence-corrected chi connectivity index (χ1v) is 5.81. The number of carbonyl (C=O) groups is 1. The molecule has 1 aromatic heterocycles. The van der Waals surface area contributed by atoms with E-state index in [-0.39, 0.29) is 16.1 Å². The summed E-state index contributed by atoms with van der Waals surface area (Å²) in [5.74, 6) is -1.26. The molecule has 2 rings (SSSR count). The molecule has 6 heteroatoms. The number of carboxylic acid groups (broad SMARTS) is 1. The van der Waals surface area contributed by atoms with Gasteiger partial charge in [-0.2, -0.15) is 0 Å². The Morgan fingerprint density at radius 1 is 1.50 bits per heavy atom. The molecule has 1 heterocycles. The monoisotopic (exact) mass is 267 g/mol. The van der Waals surface area contributed by atoms with Crippen molar-refractivity contribution in [1.29, 1.82) is 0 Å². The van der Waals surface area contributed by atoms with E-state index in [1.165, 1.54) is 25.3 Å². The number of ether oxygens (including phenoxy) is 1. The van der Waals surface area contributed by atoms with Gasteiger partial charge in [0.05, 0.1) is 18.4 Å². The van der Waals surface area contributed by atoms with Crippen LogP contribution in [-0.4, -0.2) is 18.2 Å². The number of nitrogen functional groups attached to an aromatic ring is 1. The molecule has 2 aromatic rings. The van der Waals surface area contributed by atoms with Crippen molar-refractivity contribution in [2.24, 2.45) is 0 Å². The first-order valence-electron chi connectivity index (χ1n) is 5.00. The topological polar surface area (TPSA) is 72.5 Å². The second kappa shape index (κ2) is 4.66. The van der Waals surface area contributed by atoms with Crippen molar-refractivity contribution < 1.29 is 19.0 Å². The van der Waals surface area contributed by atoms with Crippen LogP contribution in [0.5, 0.6) is 5.75 Å². The molecule has 4 nitrogen and oxygen atoms in total. The molecule has 0 saturated carbocycles. The Balaban J connectivity index is 2.62. The van der Waals surface area contributed by atoms with E-state index < -0.39 is 11.8 Å². The van der Waals surface area contributed by atoms with E-state index in [1.807, 2.05) is 0 Å². The van der Waals surface area contributed by atoms with Gasteiger partial charge in [0.25, 0.3) is 0 Å². The molecule has 0 fully saturated rings. The van der Waals surface area contributed by atoms with E-state index in [0.29, 0.717) is 10.6 Å². The number of halogens is 1. The number of nitrogens with two attached hydrogens (primary N) is 1. The summed E-state index contributed by atoms with van der Waals surface area (Å²) >= 11 is 0.920. The van der Waals surface area contributed by atoms with Crippen molar-refractivity contribution in [3.8, 4) is 16.2 Å². The van der Waals surface area contributed by atoms with Gasteiger partial charge < -0.3 is 15.6 Å². The molecule has 0 unspecified atom stereocenters. The zero-order valence-corrected chi connectivity index (χ0v) is 10.3. The lowest BCUT2D eigenvalue weighted by Gasteiger charge is -2.06. The average molecular weight is 267 g/mol. The van der Waals surface area contributed by atoms with Crippen LogP contribution >= 0.6 is 11.3 Å². The Morgan fingerprint density at radius 2 is 2.22 bits per heavy atom. The van der Waals surface area contributed by atoms with Crippen molar-refractivity contribution in [1.82, 2.24) is 0 Å². The normalized spacial score (nSPS) is 10.3. The zero-order chi connectivity index (χ0) is 13.3. The molecule has 0 aliphatic rings. The Labute approximate surface area is 106 Å². The Bertz CT molecular complexity index is 609. The van der Waals surface area contributed by atoms with Gasteiger partial charge in [0.15, 0.2) is 0 Å². The fourth-order valence-corrected chi connectivity index (χ4v) is 2.58. The first kappa shape index (κ1) is 12.4. The molecular formula is C12H10FNO3S. The third kappa shape index (κ3) is 2.02. The molecule has 0 saturated heterocycles. The van der Waals surface area contributed by atoms with Crippen molar-refractivity contribution in [3.63, 3.8) is 0 Å². The average Bonchev–Trinajstić information content (AvgIpc) is 2.70. The predicted molar refractivity (Wildman–Crippen MR) is 67.6 cm³/mol. The number of methoxy groups -OCH3 is 1. The summed E-state index contributed by atoms with van der Waals surface area (Å²) in [6, 6.07) is 5.85. The van der Waals surface area contributed by atoms with Gasteiger partial charge in [-0.05, 0) is 18.2 Å². The van der Waals surface area contributed by atoms with E-state index in [2.05, 4.69) is 0 Å². The molecule has 0 aliphatic heterocycles. The van der Waals surface area contributed by atoms with E-state index >= 15 is 0 Å². The fourth-order valence-electron chi connectivity index (χ4n) is 1.61. The lowest BCUT2D eigenvalue weighted by Crippen LogP contribution is -1.96. The van der Waals surface area contributed by atoms with Gasteiger partial charge in [-0.25, -0.2) is 9.18 Å². The molecule has 94 valence electrons. The first-order chi connectivity index (χ1) is 8.54. The second-order valence-corrected chi connectivity index (χ2v) is 4.57. The van der Waals surface area contributed by atoms with Gasteiger partial charge in [-0.15, -0.1) is 11.3 Å². The van der Waals surface area contributed by atoms with E-state index in [4.69, 9.17) is 15.6 Å². The maximum Gasteiger partial charge on any atom is 0.348 e. The molecule has 3 N–H and O–H groups in total. The molecule has 0 atom stereocenters. The summed E-state index contributed by atoms with van der Waals surface area (Å²) in [6.07, 6.45) is 0. The third-order valence-electron chi connectivity index (χ3n) is 2.40. The summed E-state index contributed by atoms with van der Waals surface area (Å²) in [4.78, 5) is 11.3. The van der Waals surface area contributed by atoms with Gasteiger partial charge in [0.1, 0.15) is 16.4 Å². The SMILES string of the molecule is COc1cccc(F)c1-c1cc(N)c(C(=O)O)s1. The van der Waals surface area contributed by atoms with Crippen LogP contribution in [0, 0.1) is 5.82 Å².